The number of carboxylic acid groups (broad SMARTS) is 1. The maximum atomic E-state index is 11.1. The fourth-order valence-electron chi connectivity index (χ4n) is 1.36. The summed E-state index contributed by atoms with van der Waals surface area (Å²) in [4.78, 5) is 11.1. The van der Waals surface area contributed by atoms with Crippen LogP contribution in [0.2, 0.25) is 0 Å². The van der Waals surface area contributed by atoms with Gasteiger partial charge in [-0.3, -0.25) is 0 Å². The van der Waals surface area contributed by atoms with E-state index in [1.807, 2.05) is 26.8 Å². The van der Waals surface area contributed by atoms with E-state index in [0.717, 1.165) is 5.56 Å². The molecule has 0 aromatic heterocycles. The highest BCUT2D eigenvalue weighted by Crippen LogP contribution is 2.24. The first-order valence-corrected chi connectivity index (χ1v) is 4.96. The molecule has 0 aliphatic carbocycles. The van der Waals surface area contributed by atoms with Crippen molar-refractivity contribution in [2.24, 2.45) is 0 Å². The molecular weight excluding hydrogens is 202 g/mol. The van der Waals surface area contributed by atoms with Gasteiger partial charge in [-0.2, -0.15) is 0 Å². The van der Waals surface area contributed by atoms with Crippen LogP contribution < -0.4 is 5.32 Å². The monoisotopic (exact) mass is 217 g/mol. The van der Waals surface area contributed by atoms with Gasteiger partial charge in [0.1, 0.15) is 0 Å². The quantitative estimate of drug-likeness (QED) is 0.765. The van der Waals surface area contributed by atoms with Gasteiger partial charge >= 0.3 is 5.97 Å². The highest BCUT2D eigenvalue weighted by molar-refractivity contribution is 5.95. The van der Waals surface area contributed by atoms with E-state index in [1.165, 1.54) is 0 Å². The Kier molecular flexibility index (Phi) is 3.24. The number of hydrogen-bond acceptors (Lipinski definition) is 2. The summed E-state index contributed by atoms with van der Waals surface area (Å²) < 4.78 is 0. The van der Waals surface area contributed by atoms with Crippen LogP contribution in [0.5, 0.6) is 0 Å². The lowest BCUT2D eigenvalue weighted by Crippen LogP contribution is -2.30. The van der Waals surface area contributed by atoms with Gasteiger partial charge in [-0.05, 0) is 32.4 Å². The van der Waals surface area contributed by atoms with E-state index in [4.69, 9.17) is 11.5 Å². The van der Waals surface area contributed by atoms with Crippen LogP contribution in [-0.2, 0) is 0 Å². The van der Waals surface area contributed by atoms with Crippen LogP contribution in [0, 0.1) is 19.3 Å². The molecule has 0 aliphatic heterocycles. The molecule has 0 spiro atoms. The highest BCUT2D eigenvalue weighted by atomic mass is 16.4. The van der Waals surface area contributed by atoms with Crippen molar-refractivity contribution in [2.45, 2.75) is 26.3 Å². The first-order chi connectivity index (χ1) is 7.37. The molecule has 3 nitrogen and oxygen atoms in total. The second kappa shape index (κ2) is 4.28. The van der Waals surface area contributed by atoms with Gasteiger partial charge < -0.3 is 10.4 Å². The molecule has 0 saturated heterocycles. The Morgan fingerprint density at radius 3 is 2.62 bits per heavy atom. The standard InChI is InChI=1S/C13H15NO2/c1-5-13(3,4)14-11-9(2)7-6-8-10(11)12(15)16/h1,6-8,14H,2-4H3,(H,15,16). The van der Waals surface area contributed by atoms with Gasteiger partial charge in [0.05, 0.1) is 16.8 Å². The van der Waals surface area contributed by atoms with E-state index in [0.29, 0.717) is 5.69 Å². The topological polar surface area (TPSA) is 49.3 Å². The van der Waals surface area contributed by atoms with Gasteiger partial charge in [-0.1, -0.05) is 18.1 Å². The first kappa shape index (κ1) is 12.1. The second-order valence-corrected chi connectivity index (χ2v) is 4.20. The van der Waals surface area contributed by atoms with Crippen LogP contribution in [0.3, 0.4) is 0 Å². The molecule has 0 unspecified atom stereocenters. The number of para-hydroxylation sites is 1. The van der Waals surface area contributed by atoms with Crippen molar-refractivity contribution in [1.29, 1.82) is 0 Å². The van der Waals surface area contributed by atoms with Crippen molar-refractivity contribution in [3.05, 3.63) is 29.3 Å². The van der Waals surface area contributed by atoms with Crippen LogP contribution in [0.4, 0.5) is 5.69 Å². The van der Waals surface area contributed by atoms with Crippen LogP contribution in [0.15, 0.2) is 18.2 Å². The van der Waals surface area contributed by atoms with Crippen molar-refractivity contribution in [3.63, 3.8) is 0 Å². The summed E-state index contributed by atoms with van der Waals surface area (Å²) in [7, 11) is 0. The maximum Gasteiger partial charge on any atom is 0.337 e. The zero-order chi connectivity index (χ0) is 12.3. The summed E-state index contributed by atoms with van der Waals surface area (Å²) in [5, 5.41) is 12.1. The largest absolute Gasteiger partial charge is 0.478 e. The number of aromatic carboxylic acids is 1. The predicted octanol–water partition coefficient (Wildman–Crippen LogP) is 2.52. The normalized spacial score (nSPS) is 10.6. The van der Waals surface area contributed by atoms with Crippen LogP contribution in [-0.4, -0.2) is 16.6 Å². The van der Waals surface area contributed by atoms with Gasteiger partial charge in [0.15, 0.2) is 0 Å². The van der Waals surface area contributed by atoms with Crippen LogP contribution in [0.1, 0.15) is 29.8 Å². The van der Waals surface area contributed by atoms with Crippen molar-refractivity contribution in [2.75, 3.05) is 5.32 Å². The second-order valence-electron chi connectivity index (χ2n) is 4.20. The number of carboxylic acids is 1. The number of anilines is 1. The molecule has 0 heterocycles. The molecule has 2 N–H and O–H groups in total. The van der Waals surface area contributed by atoms with Crippen molar-refractivity contribution in [3.8, 4) is 12.3 Å². The zero-order valence-electron chi connectivity index (χ0n) is 9.66. The third kappa shape index (κ3) is 2.54. The number of hydrogen-bond donors (Lipinski definition) is 2. The van der Waals surface area contributed by atoms with E-state index in [2.05, 4.69) is 11.2 Å². The summed E-state index contributed by atoms with van der Waals surface area (Å²) >= 11 is 0. The summed E-state index contributed by atoms with van der Waals surface area (Å²) in [5.74, 6) is 1.62. The van der Waals surface area contributed by atoms with E-state index in [1.54, 1.807) is 12.1 Å². The summed E-state index contributed by atoms with van der Waals surface area (Å²) in [6, 6.07) is 5.12. The molecule has 3 heteroatoms. The van der Waals surface area contributed by atoms with Crippen molar-refractivity contribution < 1.29 is 9.90 Å². The average molecular weight is 217 g/mol. The van der Waals surface area contributed by atoms with Gasteiger partial charge in [0.2, 0.25) is 0 Å². The van der Waals surface area contributed by atoms with Gasteiger partial charge in [-0.25, -0.2) is 4.79 Å². The smallest absolute Gasteiger partial charge is 0.337 e. The van der Waals surface area contributed by atoms with Gasteiger partial charge in [0, 0.05) is 0 Å². The summed E-state index contributed by atoms with van der Waals surface area (Å²) in [6.45, 7) is 5.50. The Bertz CT molecular complexity index is 455. The molecule has 0 amide bonds. The van der Waals surface area contributed by atoms with Crippen molar-refractivity contribution in [1.82, 2.24) is 0 Å². The van der Waals surface area contributed by atoms with E-state index < -0.39 is 11.5 Å². The molecular formula is C13H15NO2. The SMILES string of the molecule is C#CC(C)(C)Nc1c(C)cccc1C(=O)O. The number of aryl methyl sites for hydroxylation is 1. The summed E-state index contributed by atoms with van der Waals surface area (Å²) in [6.07, 6.45) is 5.37. The fraction of sp³-hybridized carbons (Fsp3) is 0.308. The third-order valence-corrected chi connectivity index (χ3v) is 2.30. The molecule has 84 valence electrons. The fourth-order valence-corrected chi connectivity index (χ4v) is 1.36. The zero-order valence-corrected chi connectivity index (χ0v) is 9.66. The molecule has 1 rings (SSSR count). The van der Waals surface area contributed by atoms with Gasteiger partial charge in [0.25, 0.3) is 0 Å². The molecule has 0 saturated carbocycles. The average Bonchev–Trinajstić information content (AvgIpc) is 2.20. The number of terminal acetylenes is 1. The van der Waals surface area contributed by atoms with Crippen LogP contribution >= 0.6 is 0 Å². The minimum absolute atomic E-state index is 0.239. The Morgan fingerprint density at radius 1 is 1.50 bits per heavy atom. The Labute approximate surface area is 95.5 Å². The van der Waals surface area contributed by atoms with E-state index >= 15 is 0 Å². The minimum Gasteiger partial charge on any atom is -0.478 e. The molecule has 0 bridgehead atoms. The number of nitrogens with one attached hydrogen (secondary N) is 1. The minimum atomic E-state index is -0.959. The molecule has 0 atom stereocenters. The Morgan fingerprint density at radius 2 is 2.12 bits per heavy atom. The van der Waals surface area contributed by atoms with E-state index in [-0.39, 0.29) is 5.56 Å². The third-order valence-electron chi connectivity index (χ3n) is 2.30. The number of carbonyl (C=O) groups is 1. The van der Waals surface area contributed by atoms with Crippen molar-refractivity contribution >= 4 is 11.7 Å². The lowest BCUT2D eigenvalue weighted by atomic mass is 10.0. The molecule has 1 aromatic carbocycles. The molecule has 16 heavy (non-hydrogen) atoms. The van der Waals surface area contributed by atoms with Crippen LogP contribution in [0.25, 0.3) is 0 Å². The molecule has 0 aliphatic rings. The lowest BCUT2D eigenvalue weighted by Gasteiger charge is -2.23. The lowest BCUT2D eigenvalue weighted by molar-refractivity contribution is 0.0698. The highest BCUT2D eigenvalue weighted by Gasteiger charge is 2.19. The summed E-state index contributed by atoms with van der Waals surface area (Å²) in [5.41, 5.74) is 1.11. The molecule has 1 aromatic rings. The molecule has 0 fully saturated rings. The van der Waals surface area contributed by atoms with Gasteiger partial charge in [-0.15, -0.1) is 6.42 Å². The number of rotatable bonds is 3. The Balaban J connectivity index is 3.23. The predicted molar refractivity (Wildman–Crippen MR) is 64.7 cm³/mol. The van der Waals surface area contributed by atoms with E-state index in [9.17, 15) is 4.79 Å². The Hall–Kier alpha value is -1.95. The molecule has 0 radical (unpaired) electrons. The number of benzene rings is 1. The maximum absolute atomic E-state index is 11.1. The first-order valence-electron chi connectivity index (χ1n) is 4.96.